The van der Waals surface area contributed by atoms with Crippen LogP contribution in [0.4, 0.5) is 0 Å². The van der Waals surface area contributed by atoms with Gasteiger partial charge < -0.3 is 10.6 Å². The summed E-state index contributed by atoms with van der Waals surface area (Å²) in [4.78, 5) is 16.3. The average Bonchev–Trinajstić information content (AvgIpc) is 2.64. The van der Waals surface area contributed by atoms with Gasteiger partial charge in [0, 0.05) is 13.1 Å². The van der Waals surface area contributed by atoms with Crippen LogP contribution in [0.25, 0.3) is 0 Å². The third-order valence-corrected chi connectivity index (χ3v) is 3.37. The van der Waals surface area contributed by atoms with Gasteiger partial charge in [0.25, 0.3) is 0 Å². The van der Waals surface area contributed by atoms with E-state index < -0.39 is 0 Å². The van der Waals surface area contributed by atoms with Gasteiger partial charge in [0.2, 0.25) is 5.91 Å². The first-order chi connectivity index (χ1) is 7.47. The van der Waals surface area contributed by atoms with Crippen LogP contribution in [0.5, 0.6) is 0 Å². The molecule has 2 unspecified atom stereocenters. The van der Waals surface area contributed by atoms with E-state index >= 15 is 0 Å². The minimum absolute atomic E-state index is 0.00322. The molecule has 0 aromatic rings. The van der Waals surface area contributed by atoms with Crippen LogP contribution in [0, 0.1) is 11.8 Å². The number of nitrogens with zero attached hydrogens (tertiary/aromatic N) is 2. The zero-order valence-corrected chi connectivity index (χ0v) is 10.9. The Morgan fingerprint density at radius 3 is 2.50 bits per heavy atom. The average molecular weight is 227 g/mol. The Kier molecular flexibility index (Phi) is 4.74. The van der Waals surface area contributed by atoms with E-state index in [4.69, 9.17) is 5.73 Å². The number of nitrogens with two attached hydrogens (primary N) is 1. The lowest BCUT2D eigenvalue weighted by atomic mass is 10.0. The molecule has 1 saturated heterocycles. The van der Waals surface area contributed by atoms with Crippen molar-refractivity contribution in [3.8, 4) is 0 Å². The molecule has 4 nitrogen and oxygen atoms in total. The predicted octanol–water partition coefficient (Wildman–Crippen LogP) is 0.380. The van der Waals surface area contributed by atoms with Crippen molar-refractivity contribution in [2.45, 2.75) is 26.3 Å². The van der Waals surface area contributed by atoms with Gasteiger partial charge >= 0.3 is 0 Å². The molecule has 0 spiro atoms. The summed E-state index contributed by atoms with van der Waals surface area (Å²) in [6.07, 6.45) is 1.06. The van der Waals surface area contributed by atoms with Crippen molar-refractivity contribution in [3.63, 3.8) is 0 Å². The number of likely N-dealkylation sites (N-methyl/N-ethyl adjacent to an activating group) is 1. The van der Waals surface area contributed by atoms with Crippen molar-refractivity contribution in [1.82, 2.24) is 9.80 Å². The third kappa shape index (κ3) is 2.95. The summed E-state index contributed by atoms with van der Waals surface area (Å²) in [5.74, 6) is 1.11. The molecule has 0 aromatic carbocycles. The molecule has 1 aliphatic heterocycles. The van der Waals surface area contributed by atoms with E-state index in [0.717, 1.165) is 19.5 Å². The molecule has 1 fully saturated rings. The highest BCUT2D eigenvalue weighted by Gasteiger charge is 2.32. The molecule has 94 valence electrons. The lowest BCUT2D eigenvalue weighted by Crippen LogP contribution is -2.48. The quantitative estimate of drug-likeness (QED) is 0.755. The van der Waals surface area contributed by atoms with Crippen LogP contribution in [0.3, 0.4) is 0 Å². The van der Waals surface area contributed by atoms with Crippen molar-refractivity contribution < 1.29 is 4.79 Å². The van der Waals surface area contributed by atoms with Gasteiger partial charge in [-0.15, -0.1) is 0 Å². The monoisotopic (exact) mass is 227 g/mol. The minimum atomic E-state index is -0.00322. The Labute approximate surface area is 98.8 Å². The standard InChI is InChI=1S/C12H25N3O/c1-9(2)11(14(3)4)12(16)15-6-5-10(7-13)8-15/h9-11H,5-8,13H2,1-4H3. The minimum Gasteiger partial charge on any atom is -0.341 e. The Morgan fingerprint density at radius 2 is 2.12 bits per heavy atom. The molecule has 4 heteroatoms. The fraction of sp³-hybridized carbons (Fsp3) is 0.917. The Balaban J connectivity index is 2.62. The van der Waals surface area contributed by atoms with Gasteiger partial charge in [-0.2, -0.15) is 0 Å². The number of hydrogen-bond acceptors (Lipinski definition) is 3. The van der Waals surface area contributed by atoms with Crippen LogP contribution in [0.15, 0.2) is 0 Å². The highest BCUT2D eigenvalue weighted by atomic mass is 16.2. The molecule has 0 bridgehead atoms. The summed E-state index contributed by atoms with van der Waals surface area (Å²) in [6.45, 7) is 6.60. The Morgan fingerprint density at radius 1 is 1.50 bits per heavy atom. The smallest absolute Gasteiger partial charge is 0.240 e. The number of likely N-dealkylation sites (tertiary alicyclic amines) is 1. The second kappa shape index (κ2) is 5.64. The highest BCUT2D eigenvalue weighted by Crippen LogP contribution is 2.19. The molecule has 0 aliphatic carbocycles. The first kappa shape index (κ1) is 13.5. The normalized spacial score (nSPS) is 23.2. The third-order valence-electron chi connectivity index (χ3n) is 3.37. The lowest BCUT2D eigenvalue weighted by molar-refractivity contribution is -0.136. The predicted molar refractivity (Wildman–Crippen MR) is 66.1 cm³/mol. The van der Waals surface area contributed by atoms with Crippen LogP contribution in [0.2, 0.25) is 0 Å². The van der Waals surface area contributed by atoms with Gasteiger partial charge in [0.05, 0.1) is 6.04 Å². The van der Waals surface area contributed by atoms with Crippen molar-refractivity contribution in [1.29, 1.82) is 0 Å². The summed E-state index contributed by atoms with van der Waals surface area (Å²) >= 11 is 0. The van der Waals surface area contributed by atoms with Crippen LogP contribution in [-0.4, -0.2) is 55.5 Å². The summed E-state index contributed by atoms with van der Waals surface area (Å²) in [5.41, 5.74) is 5.64. The topological polar surface area (TPSA) is 49.6 Å². The number of carbonyl (C=O) groups excluding carboxylic acids is 1. The van der Waals surface area contributed by atoms with E-state index in [2.05, 4.69) is 13.8 Å². The second-order valence-electron chi connectivity index (χ2n) is 5.33. The van der Waals surface area contributed by atoms with Crippen LogP contribution >= 0.6 is 0 Å². The van der Waals surface area contributed by atoms with Gasteiger partial charge in [-0.05, 0) is 38.9 Å². The first-order valence-electron chi connectivity index (χ1n) is 6.12. The summed E-state index contributed by atoms with van der Waals surface area (Å²) in [5, 5.41) is 0. The zero-order valence-electron chi connectivity index (χ0n) is 10.9. The van der Waals surface area contributed by atoms with Gasteiger partial charge in [0.15, 0.2) is 0 Å². The molecule has 1 amide bonds. The molecule has 0 saturated carbocycles. The molecule has 1 rings (SSSR count). The molecular weight excluding hydrogens is 202 g/mol. The van der Waals surface area contributed by atoms with Crippen molar-refractivity contribution >= 4 is 5.91 Å². The molecule has 2 atom stereocenters. The summed E-state index contributed by atoms with van der Waals surface area (Å²) < 4.78 is 0. The van der Waals surface area contributed by atoms with Gasteiger partial charge in [-0.25, -0.2) is 0 Å². The summed E-state index contributed by atoms with van der Waals surface area (Å²) in [6, 6.07) is -0.00322. The fourth-order valence-electron chi connectivity index (χ4n) is 2.51. The highest BCUT2D eigenvalue weighted by molar-refractivity contribution is 5.82. The number of hydrogen-bond donors (Lipinski definition) is 1. The number of amides is 1. The van der Waals surface area contributed by atoms with Gasteiger partial charge in [0.1, 0.15) is 0 Å². The van der Waals surface area contributed by atoms with E-state index in [1.54, 1.807) is 0 Å². The van der Waals surface area contributed by atoms with E-state index in [1.165, 1.54) is 0 Å². The lowest BCUT2D eigenvalue weighted by Gasteiger charge is -2.30. The van der Waals surface area contributed by atoms with Crippen molar-refractivity contribution in [2.75, 3.05) is 33.7 Å². The first-order valence-corrected chi connectivity index (χ1v) is 6.12. The largest absolute Gasteiger partial charge is 0.341 e. The zero-order chi connectivity index (χ0) is 12.3. The molecular formula is C12H25N3O. The van der Waals surface area contributed by atoms with Crippen LogP contribution in [-0.2, 0) is 4.79 Å². The molecule has 1 heterocycles. The maximum absolute atomic E-state index is 12.3. The van der Waals surface area contributed by atoms with E-state index in [9.17, 15) is 4.79 Å². The fourth-order valence-corrected chi connectivity index (χ4v) is 2.51. The molecule has 2 N–H and O–H groups in total. The Hall–Kier alpha value is -0.610. The van der Waals surface area contributed by atoms with Gasteiger partial charge in [-0.1, -0.05) is 13.8 Å². The van der Waals surface area contributed by atoms with Crippen molar-refractivity contribution in [3.05, 3.63) is 0 Å². The van der Waals surface area contributed by atoms with E-state index in [-0.39, 0.29) is 11.9 Å². The number of carbonyl (C=O) groups is 1. The van der Waals surface area contributed by atoms with E-state index in [0.29, 0.717) is 18.4 Å². The second-order valence-corrected chi connectivity index (χ2v) is 5.33. The SMILES string of the molecule is CC(C)C(C(=O)N1CCC(CN)C1)N(C)C. The van der Waals surface area contributed by atoms with Crippen LogP contribution in [0.1, 0.15) is 20.3 Å². The van der Waals surface area contributed by atoms with E-state index in [1.807, 2.05) is 23.9 Å². The van der Waals surface area contributed by atoms with Gasteiger partial charge in [-0.3, -0.25) is 9.69 Å². The number of rotatable bonds is 4. The molecule has 16 heavy (non-hydrogen) atoms. The van der Waals surface area contributed by atoms with Crippen molar-refractivity contribution in [2.24, 2.45) is 17.6 Å². The van der Waals surface area contributed by atoms with Crippen LogP contribution < -0.4 is 5.73 Å². The maximum atomic E-state index is 12.3. The molecule has 0 aromatic heterocycles. The Bertz CT molecular complexity index is 232. The summed E-state index contributed by atoms with van der Waals surface area (Å²) in [7, 11) is 3.94. The maximum Gasteiger partial charge on any atom is 0.240 e. The molecule has 1 aliphatic rings. The molecule has 0 radical (unpaired) electrons.